The van der Waals surface area contributed by atoms with Crippen molar-refractivity contribution >= 4 is 17.5 Å². The Bertz CT molecular complexity index is 537. The summed E-state index contributed by atoms with van der Waals surface area (Å²) < 4.78 is 39.3. The van der Waals surface area contributed by atoms with Gasteiger partial charge in [0, 0.05) is 5.54 Å². The number of aromatic nitrogens is 2. The highest BCUT2D eigenvalue weighted by Crippen LogP contribution is 2.36. The molecule has 0 saturated heterocycles. The molecule has 0 fully saturated rings. The van der Waals surface area contributed by atoms with E-state index in [1.165, 1.54) is 13.8 Å². The van der Waals surface area contributed by atoms with Crippen LogP contribution in [0.3, 0.4) is 0 Å². The van der Waals surface area contributed by atoms with Crippen molar-refractivity contribution in [3.05, 3.63) is 16.4 Å². The van der Waals surface area contributed by atoms with E-state index in [4.69, 9.17) is 11.6 Å². The van der Waals surface area contributed by atoms with E-state index in [1.807, 2.05) is 20.8 Å². The van der Waals surface area contributed by atoms with Crippen LogP contribution in [-0.4, -0.2) is 21.2 Å². The third-order valence-corrected chi connectivity index (χ3v) is 3.89. The summed E-state index contributed by atoms with van der Waals surface area (Å²) in [4.78, 5) is 12.1. The minimum atomic E-state index is -4.65. The Morgan fingerprint density at radius 3 is 2.33 bits per heavy atom. The molecule has 21 heavy (non-hydrogen) atoms. The molecule has 1 amide bonds. The van der Waals surface area contributed by atoms with Crippen LogP contribution in [0.25, 0.3) is 0 Å². The predicted molar refractivity (Wildman–Crippen MR) is 74.2 cm³/mol. The Labute approximate surface area is 126 Å². The van der Waals surface area contributed by atoms with E-state index in [-0.39, 0.29) is 5.69 Å². The Hall–Kier alpha value is -1.24. The number of hydrogen-bond acceptors (Lipinski definition) is 2. The van der Waals surface area contributed by atoms with E-state index in [9.17, 15) is 18.0 Å². The maximum atomic E-state index is 12.8. The second-order valence-corrected chi connectivity index (χ2v) is 5.97. The Morgan fingerprint density at radius 2 is 1.95 bits per heavy atom. The van der Waals surface area contributed by atoms with Gasteiger partial charge in [0.15, 0.2) is 5.69 Å². The van der Waals surface area contributed by atoms with Crippen molar-refractivity contribution in [2.75, 3.05) is 0 Å². The van der Waals surface area contributed by atoms with Crippen molar-refractivity contribution in [1.29, 1.82) is 0 Å². The topological polar surface area (TPSA) is 46.9 Å². The van der Waals surface area contributed by atoms with Crippen molar-refractivity contribution < 1.29 is 18.0 Å². The molecule has 4 nitrogen and oxygen atoms in total. The van der Waals surface area contributed by atoms with Crippen molar-refractivity contribution in [2.24, 2.45) is 0 Å². The number of alkyl halides is 3. The van der Waals surface area contributed by atoms with Gasteiger partial charge < -0.3 is 5.32 Å². The van der Waals surface area contributed by atoms with Crippen molar-refractivity contribution in [3.63, 3.8) is 0 Å². The fourth-order valence-corrected chi connectivity index (χ4v) is 1.93. The molecule has 0 aliphatic rings. The molecule has 0 bridgehead atoms. The minimum absolute atomic E-state index is 0.112. The number of nitrogens with one attached hydrogen (secondary N) is 1. The van der Waals surface area contributed by atoms with Crippen molar-refractivity contribution in [2.45, 2.75) is 58.8 Å². The summed E-state index contributed by atoms with van der Waals surface area (Å²) in [7, 11) is 0. The second kappa shape index (κ2) is 5.87. The normalized spacial score (nSPS) is 14.1. The van der Waals surface area contributed by atoms with Crippen LogP contribution in [0.1, 0.15) is 51.5 Å². The largest absolute Gasteiger partial charge is 0.436 e. The van der Waals surface area contributed by atoms with E-state index >= 15 is 0 Å². The lowest BCUT2D eigenvalue weighted by atomic mass is 10.0. The number of hydrogen-bond donors (Lipinski definition) is 1. The van der Waals surface area contributed by atoms with Gasteiger partial charge in [0.2, 0.25) is 5.91 Å². The first-order valence-corrected chi connectivity index (χ1v) is 6.92. The summed E-state index contributed by atoms with van der Waals surface area (Å²) >= 11 is 5.67. The summed E-state index contributed by atoms with van der Waals surface area (Å²) in [6, 6.07) is -0.885. The average Bonchev–Trinajstić information content (AvgIpc) is 2.64. The standard InChI is InChI=1S/C13H19ClF3N3O/c1-6-12(4,5)18-11(21)8(3)20-7(2)9(14)10(19-20)13(15,16)17/h8H,6H2,1-5H3,(H,18,21)/t8-/m1/s1. The molecular weight excluding hydrogens is 307 g/mol. The molecule has 1 aromatic heterocycles. The number of amides is 1. The van der Waals surface area contributed by atoms with Crippen LogP contribution in [0, 0.1) is 6.92 Å². The lowest BCUT2D eigenvalue weighted by Crippen LogP contribution is -2.45. The molecule has 0 radical (unpaired) electrons. The Morgan fingerprint density at radius 1 is 1.43 bits per heavy atom. The first-order valence-electron chi connectivity index (χ1n) is 6.54. The van der Waals surface area contributed by atoms with Gasteiger partial charge in [-0.25, -0.2) is 0 Å². The van der Waals surface area contributed by atoms with Gasteiger partial charge in [-0.05, 0) is 34.1 Å². The van der Waals surface area contributed by atoms with Gasteiger partial charge in [0.05, 0.1) is 10.7 Å². The zero-order chi connectivity index (χ0) is 16.6. The first-order chi connectivity index (χ1) is 9.40. The SMILES string of the molecule is CCC(C)(C)NC(=O)[C@@H](C)n1nc(C(F)(F)F)c(Cl)c1C. The lowest BCUT2D eigenvalue weighted by Gasteiger charge is -2.26. The third kappa shape index (κ3) is 3.90. The molecular formula is C13H19ClF3N3O. The van der Waals surface area contributed by atoms with Crippen LogP contribution >= 0.6 is 11.6 Å². The van der Waals surface area contributed by atoms with Crippen molar-refractivity contribution in [1.82, 2.24) is 15.1 Å². The quantitative estimate of drug-likeness (QED) is 0.917. The molecule has 1 atom stereocenters. The van der Waals surface area contributed by atoms with Crippen LogP contribution in [0.5, 0.6) is 0 Å². The minimum Gasteiger partial charge on any atom is -0.349 e. The van der Waals surface area contributed by atoms with Gasteiger partial charge in [-0.1, -0.05) is 18.5 Å². The maximum Gasteiger partial charge on any atom is 0.436 e. The fourth-order valence-electron chi connectivity index (χ4n) is 1.69. The molecule has 0 aromatic carbocycles. The number of rotatable bonds is 4. The average molecular weight is 326 g/mol. The van der Waals surface area contributed by atoms with Gasteiger partial charge in [0.1, 0.15) is 6.04 Å². The number of nitrogens with zero attached hydrogens (tertiary/aromatic N) is 2. The highest BCUT2D eigenvalue weighted by molar-refractivity contribution is 6.32. The molecule has 1 N–H and O–H groups in total. The van der Waals surface area contributed by atoms with E-state index in [2.05, 4.69) is 10.4 Å². The van der Waals surface area contributed by atoms with E-state index in [0.717, 1.165) is 4.68 Å². The summed E-state index contributed by atoms with van der Waals surface area (Å²) in [6.45, 7) is 8.46. The first kappa shape index (κ1) is 17.8. The van der Waals surface area contributed by atoms with Gasteiger partial charge in [0.25, 0.3) is 0 Å². The van der Waals surface area contributed by atoms with Gasteiger partial charge in [-0.15, -0.1) is 0 Å². The zero-order valence-electron chi connectivity index (χ0n) is 12.6. The smallest absolute Gasteiger partial charge is 0.349 e. The molecule has 0 aliphatic heterocycles. The van der Waals surface area contributed by atoms with Crippen LogP contribution < -0.4 is 5.32 Å². The lowest BCUT2D eigenvalue weighted by molar-refractivity contribution is -0.142. The molecule has 1 heterocycles. The summed E-state index contributed by atoms with van der Waals surface area (Å²) in [5, 5.41) is 5.76. The van der Waals surface area contributed by atoms with Gasteiger partial charge in [-0.2, -0.15) is 18.3 Å². The summed E-state index contributed by atoms with van der Waals surface area (Å²) in [5.41, 5.74) is -1.50. The molecule has 0 unspecified atom stereocenters. The second-order valence-electron chi connectivity index (χ2n) is 5.59. The summed E-state index contributed by atoms with van der Waals surface area (Å²) in [5.74, 6) is -0.405. The third-order valence-electron chi connectivity index (χ3n) is 3.44. The molecule has 0 saturated carbocycles. The molecule has 1 rings (SSSR count). The van der Waals surface area contributed by atoms with Crippen LogP contribution in [0.4, 0.5) is 13.2 Å². The maximum absolute atomic E-state index is 12.8. The van der Waals surface area contributed by atoms with Crippen molar-refractivity contribution in [3.8, 4) is 0 Å². The Kier molecular flexibility index (Phi) is 4.98. The molecule has 120 valence electrons. The van der Waals surface area contributed by atoms with Gasteiger partial charge >= 0.3 is 6.18 Å². The summed E-state index contributed by atoms with van der Waals surface area (Å²) in [6.07, 6.45) is -3.95. The Balaban J connectivity index is 3.09. The highest BCUT2D eigenvalue weighted by Gasteiger charge is 2.39. The zero-order valence-corrected chi connectivity index (χ0v) is 13.4. The predicted octanol–water partition coefficient (Wildman–Crippen LogP) is 3.73. The van der Waals surface area contributed by atoms with Crippen LogP contribution in [-0.2, 0) is 11.0 Å². The number of halogens is 4. The van der Waals surface area contributed by atoms with E-state index in [1.54, 1.807) is 0 Å². The highest BCUT2D eigenvalue weighted by atomic mass is 35.5. The number of carbonyl (C=O) groups is 1. The molecule has 0 spiro atoms. The van der Waals surface area contributed by atoms with Crippen LogP contribution in [0.15, 0.2) is 0 Å². The number of carbonyl (C=O) groups excluding carboxylic acids is 1. The molecule has 0 aliphatic carbocycles. The molecule has 8 heteroatoms. The van der Waals surface area contributed by atoms with Crippen LogP contribution in [0.2, 0.25) is 5.02 Å². The molecule has 1 aromatic rings. The van der Waals surface area contributed by atoms with E-state index < -0.39 is 34.4 Å². The van der Waals surface area contributed by atoms with Gasteiger partial charge in [-0.3, -0.25) is 9.48 Å². The fraction of sp³-hybridized carbons (Fsp3) is 0.692. The van der Waals surface area contributed by atoms with E-state index in [0.29, 0.717) is 6.42 Å². The monoisotopic (exact) mass is 325 g/mol.